The summed E-state index contributed by atoms with van der Waals surface area (Å²) in [5, 5.41) is 0.727. The lowest BCUT2D eigenvalue weighted by molar-refractivity contribution is 0.0605. The minimum atomic E-state index is -3.85. The molecule has 0 spiro atoms. The first-order chi connectivity index (χ1) is 10.2. The molecule has 0 aliphatic carbocycles. The van der Waals surface area contributed by atoms with E-state index >= 15 is 0 Å². The first-order valence-corrected chi connectivity index (χ1v) is 8.96. The average Bonchev–Trinajstić information content (AvgIpc) is 2.76. The van der Waals surface area contributed by atoms with Crippen LogP contribution in [-0.2, 0) is 14.8 Å². The normalized spacial score (nSPS) is 11.3. The van der Waals surface area contributed by atoms with Crippen molar-refractivity contribution in [2.24, 2.45) is 0 Å². The number of thiophene rings is 1. The van der Waals surface area contributed by atoms with Gasteiger partial charge in [-0.25, -0.2) is 13.2 Å². The van der Waals surface area contributed by atoms with Crippen LogP contribution in [0.5, 0.6) is 0 Å². The summed E-state index contributed by atoms with van der Waals surface area (Å²) < 4.78 is 31.7. The Labute approximate surface area is 141 Å². The molecule has 118 valence electrons. The number of nitrogens with one attached hydrogen (secondary N) is 1. The molecule has 0 saturated heterocycles. The quantitative estimate of drug-likeness (QED) is 0.816. The van der Waals surface area contributed by atoms with Crippen LogP contribution in [0.25, 0.3) is 0 Å². The van der Waals surface area contributed by atoms with Crippen LogP contribution < -0.4 is 4.72 Å². The van der Waals surface area contributed by atoms with Crippen LogP contribution in [0.1, 0.15) is 15.2 Å². The van der Waals surface area contributed by atoms with E-state index in [1.165, 1.54) is 25.3 Å². The number of carbonyl (C=O) groups excluding carboxylic acids is 1. The Morgan fingerprint density at radius 3 is 2.32 bits per heavy atom. The summed E-state index contributed by atoms with van der Waals surface area (Å²) in [6, 6.07) is 5.57. The van der Waals surface area contributed by atoms with Gasteiger partial charge in [0.05, 0.1) is 12.0 Å². The zero-order valence-corrected chi connectivity index (χ0v) is 14.7. The molecule has 0 amide bonds. The number of anilines is 1. The van der Waals surface area contributed by atoms with Crippen LogP contribution in [-0.4, -0.2) is 21.5 Å². The fourth-order valence-electron chi connectivity index (χ4n) is 1.70. The molecule has 0 saturated carbocycles. The van der Waals surface area contributed by atoms with Gasteiger partial charge in [-0.2, -0.15) is 0 Å². The lowest BCUT2D eigenvalue weighted by Crippen LogP contribution is -2.12. The van der Waals surface area contributed by atoms with Crippen molar-refractivity contribution in [3.8, 4) is 0 Å². The molecule has 1 heterocycles. The highest BCUT2D eigenvalue weighted by atomic mass is 35.5. The fourth-order valence-corrected chi connectivity index (χ4v) is 4.70. The molecular weight excluding hydrogens is 369 g/mol. The number of ether oxygens (including phenoxy) is 1. The summed E-state index contributed by atoms with van der Waals surface area (Å²) in [6.45, 7) is 1.69. The maximum atomic E-state index is 12.3. The predicted molar refractivity (Wildman–Crippen MR) is 87.7 cm³/mol. The number of sulfonamides is 1. The Morgan fingerprint density at radius 1 is 1.18 bits per heavy atom. The van der Waals surface area contributed by atoms with Crippen LogP contribution in [0.2, 0.25) is 10.0 Å². The minimum Gasteiger partial charge on any atom is -0.465 e. The monoisotopic (exact) mass is 379 g/mol. The largest absolute Gasteiger partial charge is 0.465 e. The van der Waals surface area contributed by atoms with Gasteiger partial charge in [-0.15, -0.1) is 11.3 Å². The van der Waals surface area contributed by atoms with Crippen LogP contribution in [0.3, 0.4) is 0 Å². The van der Waals surface area contributed by atoms with Gasteiger partial charge in [-0.3, -0.25) is 4.72 Å². The van der Waals surface area contributed by atoms with E-state index in [4.69, 9.17) is 23.2 Å². The number of aryl methyl sites for hydroxylation is 1. The molecule has 2 aromatic rings. The second-order valence-electron chi connectivity index (χ2n) is 4.33. The van der Waals surface area contributed by atoms with Crippen molar-refractivity contribution in [1.82, 2.24) is 0 Å². The Bertz CT molecular complexity index is 810. The van der Waals surface area contributed by atoms with E-state index in [1.54, 1.807) is 13.0 Å². The minimum absolute atomic E-state index is 0.0596. The van der Waals surface area contributed by atoms with E-state index in [2.05, 4.69) is 9.46 Å². The zero-order chi connectivity index (χ0) is 16.5. The van der Waals surface area contributed by atoms with Gasteiger partial charge in [0.25, 0.3) is 10.0 Å². The fraction of sp³-hybridized carbons (Fsp3) is 0.154. The number of halogens is 2. The molecular formula is C13H11Cl2NO4S2. The van der Waals surface area contributed by atoms with Gasteiger partial charge in [-0.1, -0.05) is 23.2 Å². The second kappa shape index (κ2) is 6.45. The molecule has 0 bridgehead atoms. The van der Waals surface area contributed by atoms with Crippen LogP contribution in [0.15, 0.2) is 29.2 Å². The second-order valence-corrected chi connectivity index (χ2v) is 7.93. The lowest BCUT2D eigenvalue weighted by atomic mass is 10.3. The molecule has 0 fully saturated rings. The number of carbonyl (C=O) groups is 1. The first kappa shape index (κ1) is 17.1. The highest BCUT2D eigenvalue weighted by Crippen LogP contribution is 2.30. The van der Waals surface area contributed by atoms with Crippen LogP contribution in [0, 0.1) is 6.92 Å². The average molecular weight is 380 g/mol. The number of rotatable bonds is 4. The Morgan fingerprint density at radius 2 is 1.77 bits per heavy atom. The van der Waals surface area contributed by atoms with Crippen molar-refractivity contribution in [1.29, 1.82) is 0 Å². The molecule has 22 heavy (non-hydrogen) atoms. The number of esters is 1. The maximum Gasteiger partial charge on any atom is 0.348 e. The molecule has 1 aromatic heterocycles. The Balaban J connectivity index is 2.35. The van der Waals surface area contributed by atoms with Crippen molar-refractivity contribution in [2.45, 2.75) is 11.8 Å². The third-order valence-corrected chi connectivity index (χ3v) is 5.71. The molecule has 2 rings (SSSR count). The lowest BCUT2D eigenvalue weighted by Gasteiger charge is -2.06. The van der Waals surface area contributed by atoms with Crippen molar-refractivity contribution in [2.75, 3.05) is 11.8 Å². The molecule has 0 atom stereocenters. The number of methoxy groups -OCH3 is 1. The standard InChI is InChI=1S/C13H11Cl2NO4S2/c1-7-3-11(21-12(7)13(17)20-2)16-22(18,19)10-5-8(14)4-9(15)6-10/h3-6,16H,1-2H3. The molecule has 0 aliphatic heterocycles. The number of benzene rings is 1. The van der Waals surface area contributed by atoms with Gasteiger partial charge in [0.1, 0.15) is 9.88 Å². The van der Waals surface area contributed by atoms with Gasteiger partial charge in [-0.05, 0) is 36.8 Å². The van der Waals surface area contributed by atoms with Crippen molar-refractivity contribution in [3.05, 3.63) is 44.8 Å². The number of hydrogen-bond donors (Lipinski definition) is 1. The highest BCUT2D eigenvalue weighted by Gasteiger charge is 2.20. The molecule has 1 N–H and O–H groups in total. The van der Waals surface area contributed by atoms with Crippen LogP contribution >= 0.6 is 34.5 Å². The number of hydrogen-bond acceptors (Lipinski definition) is 5. The van der Waals surface area contributed by atoms with Crippen molar-refractivity contribution >= 4 is 55.5 Å². The zero-order valence-electron chi connectivity index (χ0n) is 11.5. The van der Waals surface area contributed by atoms with Gasteiger partial charge in [0.15, 0.2) is 0 Å². The molecule has 0 radical (unpaired) electrons. The maximum absolute atomic E-state index is 12.3. The van der Waals surface area contributed by atoms with E-state index in [0.717, 1.165) is 11.3 Å². The van der Waals surface area contributed by atoms with Gasteiger partial charge in [0, 0.05) is 10.0 Å². The van der Waals surface area contributed by atoms with Gasteiger partial charge >= 0.3 is 5.97 Å². The Hall–Kier alpha value is -1.28. The summed E-state index contributed by atoms with van der Waals surface area (Å²) in [4.78, 5) is 11.8. The van der Waals surface area contributed by atoms with Crippen molar-refractivity contribution in [3.63, 3.8) is 0 Å². The Kier molecular flexibility index (Phi) is 5.01. The van der Waals surface area contributed by atoms with E-state index in [1.807, 2.05) is 0 Å². The summed E-state index contributed by atoms with van der Waals surface area (Å²) >= 11 is 12.6. The molecule has 9 heteroatoms. The highest BCUT2D eigenvalue weighted by molar-refractivity contribution is 7.93. The van der Waals surface area contributed by atoms with E-state index < -0.39 is 16.0 Å². The topological polar surface area (TPSA) is 72.5 Å². The molecule has 1 aromatic carbocycles. The molecule has 5 nitrogen and oxygen atoms in total. The summed E-state index contributed by atoms with van der Waals surface area (Å²) in [6.07, 6.45) is 0. The van der Waals surface area contributed by atoms with E-state index in [0.29, 0.717) is 15.4 Å². The van der Waals surface area contributed by atoms with E-state index in [-0.39, 0.29) is 14.9 Å². The third kappa shape index (κ3) is 3.73. The summed E-state index contributed by atoms with van der Waals surface area (Å²) in [7, 11) is -2.59. The SMILES string of the molecule is COC(=O)c1sc(NS(=O)(=O)c2cc(Cl)cc(Cl)c2)cc1C. The summed E-state index contributed by atoms with van der Waals surface area (Å²) in [5.74, 6) is -0.515. The smallest absolute Gasteiger partial charge is 0.348 e. The molecule has 0 unspecified atom stereocenters. The van der Waals surface area contributed by atoms with Gasteiger partial charge < -0.3 is 4.74 Å². The summed E-state index contributed by atoms with van der Waals surface area (Å²) in [5.41, 5.74) is 0.624. The first-order valence-electron chi connectivity index (χ1n) is 5.90. The van der Waals surface area contributed by atoms with Crippen LogP contribution in [0.4, 0.5) is 5.00 Å². The van der Waals surface area contributed by atoms with E-state index in [9.17, 15) is 13.2 Å². The predicted octanol–water partition coefficient (Wildman–Crippen LogP) is 3.95. The molecule has 0 aliphatic rings. The van der Waals surface area contributed by atoms with Crippen molar-refractivity contribution < 1.29 is 17.9 Å². The van der Waals surface area contributed by atoms with Gasteiger partial charge in [0.2, 0.25) is 0 Å². The third-order valence-electron chi connectivity index (χ3n) is 2.67.